The molecule has 0 aliphatic heterocycles. The summed E-state index contributed by atoms with van der Waals surface area (Å²) < 4.78 is 25.1. The Morgan fingerprint density at radius 3 is 2.35 bits per heavy atom. The molecule has 0 atom stereocenters. The Hall–Kier alpha value is -3.18. The minimum absolute atomic E-state index is 0.142. The van der Waals surface area contributed by atoms with Crippen LogP contribution in [0.15, 0.2) is 48.5 Å². The Balaban J connectivity index is 2.20. The van der Waals surface area contributed by atoms with Crippen molar-refractivity contribution in [3.63, 3.8) is 0 Å². The monoisotopic (exact) mass is 371 g/mol. The van der Waals surface area contributed by atoms with E-state index in [1.165, 1.54) is 37.3 Å². The number of carbonyl (C=O) groups excluding carboxylic acids is 2. The average molecular weight is 371 g/mol. The number of sulfonamides is 1. The summed E-state index contributed by atoms with van der Waals surface area (Å²) in [5, 5.41) is 11.4. The summed E-state index contributed by atoms with van der Waals surface area (Å²) in [5.41, 5.74) is 1.50. The number of hydrogen-bond donors (Lipinski definition) is 1. The molecule has 0 unspecified atom stereocenters. The van der Waals surface area contributed by atoms with Gasteiger partial charge in [-0.05, 0) is 43.3 Å². The fourth-order valence-electron chi connectivity index (χ4n) is 2.25. The van der Waals surface area contributed by atoms with Gasteiger partial charge in [0.1, 0.15) is 6.54 Å². The molecule has 0 aromatic heterocycles. The van der Waals surface area contributed by atoms with E-state index in [-0.39, 0.29) is 11.5 Å². The third-order valence-corrected chi connectivity index (χ3v) is 4.67. The zero-order chi connectivity index (χ0) is 19.3. The van der Waals surface area contributed by atoms with Crippen molar-refractivity contribution in [1.29, 1.82) is 5.26 Å². The van der Waals surface area contributed by atoms with E-state index >= 15 is 0 Å². The number of rotatable bonds is 6. The Bertz CT molecular complexity index is 976. The second kappa shape index (κ2) is 7.80. The van der Waals surface area contributed by atoms with Gasteiger partial charge in [0.2, 0.25) is 15.9 Å². The molecule has 1 amide bonds. The number of hydrogen-bond acceptors (Lipinski definition) is 5. The van der Waals surface area contributed by atoms with Crippen LogP contribution in [0.25, 0.3) is 0 Å². The second-order valence-electron chi connectivity index (χ2n) is 5.61. The van der Waals surface area contributed by atoms with E-state index < -0.39 is 22.5 Å². The van der Waals surface area contributed by atoms with Crippen LogP contribution in [0, 0.1) is 11.3 Å². The SMILES string of the molecule is CC(=O)c1cccc(NC(=O)CN(c2ccc(C#N)cc2)S(C)(=O)=O)c1. The maximum Gasteiger partial charge on any atom is 0.245 e. The summed E-state index contributed by atoms with van der Waals surface area (Å²) in [5.74, 6) is -0.697. The number of benzene rings is 2. The van der Waals surface area contributed by atoms with Crippen molar-refractivity contribution < 1.29 is 18.0 Å². The van der Waals surface area contributed by atoms with Crippen LogP contribution in [0.2, 0.25) is 0 Å². The maximum atomic E-state index is 12.3. The standard InChI is InChI=1S/C18H17N3O4S/c1-13(22)15-4-3-5-16(10-15)20-18(23)12-21(26(2,24)25)17-8-6-14(11-19)7-9-17/h3-10H,12H2,1-2H3,(H,20,23). The molecule has 2 rings (SSSR count). The van der Waals surface area contributed by atoms with E-state index in [1.807, 2.05) is 6.07 Å². The van der Waals surface area contributed by atoms with Crippen LogP contribution in [0.4, 0.5) is 11.4 Å². The first-order valence-corrected chi connectivity index (χ1v) is 9.44. The maximum absolute atomic E-state index is 12.3. The van der Waals surface area contributed by atoms with Gasteiger partial charge >= 0.3 is 0 Å². The summed E-state index contributed by atoms with van der Waals surface area (Å²) in [7, 11) is -3.71. The van der Waals surface area contributed by atoms with E-state index in [1.54, 1.807) is 18.2 Å². The van der Waals surface area contributed by atoms with Gasteiger partial charge in [-0.3, -0.25) is 13.9 Å². The van der Waals surface area contributed by atoms with Gasteiger partial charge in [0.05, 0.1) is 23.6 Å². The largest absolute Gasteiger partial charge is 0.324 e. The number of nitriles is 1. The van der Waals surface area contributed by atoms with Crippen LogP contribution in [0.3, 0.4) is 0 Å². The molecule has 0 heterocycles. The Kier molecular flexibility index (Phi) is 5.75. The van der Waals surface area contributed by atoms with Crippen molar-refractivity contribution in [2.45, 2.75) is 6.92 Å². The van der Waals surface area contributed by atoms with Gasteiger partial charge in [-0.15, -0.1) is 0 Å². The first-order valence-electron chi connectivity index (χ1n) is 7.59. The average Bonchev–Trinajstić information content (AvgIpc) is 2.59. The number of amides is 1. The molecule has 0 aliphatic carbocycles. The third-order valence-electron chi connectivity index (χ3n) is 3.52. The lowest BCUT2D eigenvalue weighted by Crippen LogP contribution is -2.37. The van der Waals surface area contributed by atoms with Gasteiger partial charge in [-0.1, -0.05) is 12.1 Å². The molecule has 0 radical (unpaired) electrons. The van der Waals surface area contributed by atoms with Crippen LogP contribution in [0.5, 0.6) is 0 Å². The Labute approximate surface area is 151 Å². The molecule has 2 aromatic rings. The molecule has 134 valence electrons. The van der Waals surface area contributed by atoms with Gasteiger partial charge in [0.25, 0.3) is 0 Å². The fraction of sp³-hybridized carbons (Fsp3) is 0.167. The van der Waals surface area contributed by atoms with E-state index in [4.69, 9.17) is 5.26 Å². The highest BCUT2D eigenvalue weighted by Crippen LogP contribution is 2.18. The molecule has 8 heteroatoms. The highest BCUT2D eigenvalue weighted by atomic mass is 32.2. The van der Waals surface area contributed by atoms with Crippen LogP contribution >= 0.6 is 0 Å². The third kappa shape index (κ3) is 4.91. The highest BCUT2D eigenvalue weighted by molar-refractivity contribution is 7.92. The van der Waals surface area contributed by atoms with Gasteiger partial charge in [-0.25, -0.2) is 8.42 Å². The topological polar surface area (TPSA) is 107 Å². The number of ketones is 1. The molecule has 7 nitrogen and oxygen atoms in total. The first-order chi connectivity index (χ1) is 12.2. The van der Waals surface area contributed by atoms with Crippen molar-refractivity contribution in [3.8, 4) is 6.07 Å². The Morgan fingerprint density at radius 1 is 1.15 bits per heavy atom. The molecule has 2 aromatic carbocycles. The minimum Gasteiger partial charge on any atom is -0.324 e. The van der Waals surface area contributed by atoms with Crippen molar-refractivity contribution in [1.82, 2.24) is 0 Å². The normalized spacial score (nSPS) is 10.7. The molecule has 1 N–H and O–H groups in total. The molecular weight excluding hydrogens is 354 g/mol. The quantitative estimate of drug-likeness (QED) is 0.783. The van der Waals surface area contributed by atoms with Gasteiger partial charge in [0, 0.05) is 11.3 Å². The molecule has 0 aliphatic rings. The second-order valence-corrected chi connectivity index (χ2v) is 7.52. The van der Waals surface area contributed by atoms with E-state index in [2.05, 4.69) is 5.32 Å². The summed E-state index contributed by atoms with van der Waals surface area (Å²) in [4.78, 5) is 23.7. The predicted octanol–water partition coefficient (Wildman–Crippen LogP) is 2.17. The summed E-state index contributed by atoms with van der Waals surface area (Å²) >= 11 is 0. The molecular formula is C18H17N3O4S. The number of carbonyl (C=O) groups is 2. The van der Waals surface area contributed by atoms with Crippen LogP contribution in [-0.2, 0) is 14.8 Å². The molecule has 0 fully saturated rings. The molecule has 0 saturated heterocycles. The molecule has 0 bridgehead atoms. The first kappa shape index (κ1) is 19.1. The van der Waals surface area contributed by atoms with Crippen LogP contribution in [0.1, 0.15) is 22.8 Å². The van der Waals surface area contributed by atoms with Gasteiger partial charge in [-0.2, -0.15) is 5.26 Å². The van der Waals surface area contributed by atoms with E-state index in [0.29, 0.717) is 16.8 Å². The fourth-order valence-corrected chi connectivity index (χ4v) is 3.11. The lowest BCUT2D eigenvalue weighted by Gasteiger charge is -2.22. The lowest BCUT2D eigenvalue weighted by atomic mass is 10.1. The molecule has 0 saturated carbocycles. The zero-order valence-corrected chi connectivity index (χ0v) is 15.1. The van der Waals surface area contributed by atoms with Gasteiger partial charge < -0.3 is 5.32 Å². The van der Waals surface area contributed by atoms with E-state index in [9.17, 15) is 18.0 Å². The molecule has 0 spiro atoms. The molecule has 26 heavy (non-hydrogen) atoms. The van der Waals surface area contributed by atoms with Crippen molar-refractivity contribution >= 4 is 33.1 Å². The Morgan fingerprint density at radius 2 is 1.81 bits per heavy atom. The van der Waals surface area contributed by atoms with E-state index in [0.717, 1.165) is 10.6 Å². The smallest absolute Gasteiger partial charge is 0.245 e. The predicted molar refractivity (Wildman–Crippen MR) is 98.4 cm³/mol. The number of nitrogens with one attached hydrogen (secondary N) is 1. The van der Waals surface area contributed by atoms with Crippen LogP contribution in [-0.4, -0.2) is 32.9 Å². The van der Waals surface area contributed by atoms with Crippen LogP contribution < -0.4 is 9.62 Å². The lowest BCUT2D eigenvalue weighted by molar-refractivity contribution is -0.114. The number of Topliss-reactive ketones (excluding diaryl/α,β-unsaturated/α-hetero) is 1. The van der Waals surface area contributed by atoms with Crippen molar-refractivity contribution in [2.75, 3.05) is 22.4 Å². The van der Waals surface area contributed by atoms with Crippen molar-refractivity contribution in [3.05, 3.63) is 59.7 Å². The zero-order valence-electron chi connectivity index (χ0n) is 14.3. The minimum atomic E-state index is -3.71. The van der Waals surface area contributed by atoms with Crippen molar-refractivity contribution in [2.24, 2.45) is 0 Å². The highest BCUT2D eigenvalue weighted by Gasteiger charge is 2.21. The van der Waals surface area contributed by atoms with Gasteiger partial charge in [0.15, 0.2) is 5.78 Å². The summed E-state index contributed by atoms with van der Waals surface area (Å²) in [6.45, 7) is 0.978. The number of anilines is 2. The summed E-state index contributed by atoms with van der Waals surface area (Å²) in [6, 6.07) is 14.2. The number of nitrogens with zero attached hydrogens (tertiary/aromatic N) is 2. The summed E-state index contributed by atoms with van der Waals surface area (Å²) in [6.07, 6.45) is 0.995.